The van der Waals surface area contributed by atoms with Gasteiger partial charge in [-0.05, 0) is 37.5 Å². The third-order valence-corrected chi connectivity index (χ3v) is 4.07. The first-order valence-electron chi connectivity index (χ1n) is 6.30. The number of benzene rings is 1. The van der Waals surface area contributed by atoms with Gasteiger partial charge in [-0.25, -0.2) is 0 Å². The molecular formula is C14H18BrNO2. The maximum Gasteiger partial charge on any atom is 0.233 e. The first-order chi connectivity index (χ1) is 8.64. The number of carbonyl (C=O) groups is 1. The first kappa shape index (κ1) is 13.6. The van der Waals surface area contributed by atoms with E-state index in [0.29, 0.717) is 13.1 Å². The molecule has 1 saturated carbocycles. The molecule has 1 aliphatic rings. The van der Waals surface area contributed by atoms with Gasteiger partial charge in [0.25, 0.3) is 0 Å². The number of aliphatic hydroxyl groups is 1. The lowest BCUT2D eigenvalue weighted by molar-refractivity contribution is -0.134. The molecule has 1 fully saturated rings. The van der Waals surface area contributed by atoms with Gasteiger partial charge >= 0.3 is 0 Å². The van der Waals surface area contributed by atoms with Crippen molar-refractivity contribution >= 4 is 21.8 Å². The Labute approximate surface area is 116 Å². The average molecular weight is 312 g/mol. The van der Waals surface area contributed by atoms with Crippen LogP contribution in [0.1, 0.15) is 25.3 Å². The number of nitrogens with zero attached hydrogens (tertiary/aromatic N) is 1. The van der Waals surface area contributed by atoms with Gasteiger partial charge in [-0.15, -0.1) is 0 Å². The molecule has 1 N–H and O–H groups in total. The van der Waals surface area contributed by atoms with E-state index in [1.54, 1.807) is 4.90 Å². The summed E-state index contributed by atoms with van der Waals surface area (Å²) in [4.78, 5) is 14.3. The van der Waals surface area contributed by atoms with Gasteiger partial charge in [-0.2, -0.15) is 0 Å². The standard InChI is InChI=1S/C14H18BrNO2/c1-2-16(8-9-17)13(18)14(6-7-14)11-4-3-5-12(15)10-11/h3-5,10,17H,2,6-9H2,1H3. The molecule has 0 radical (unpaired) electrons. The molecule has 0 aliphatic heterocycles. The second kappa shape index (κ2) is 5.41. The quantitative estimate of drug-likeness (QED) is 0.906. The number of likely N-dealkylation sites (N-methyl/N-ethyl adjacent to an activating group) is 1. The largest absolute Gasteiger partial charge is 0.395 e. The lowest BCUT2D eigenvalue weighted by Gasteiger charge is -2.26. The predicted octanol–water partition coefficient (Wildman–Crippen LogP) is 2.32. The van der Waals surface area contributed by atoms with Crippen LogP contribution in [0.15, 0.2) is 28.7 Å². The first-order valence-corrected chi connectivity index (χ1v) is 7.09. The van der Waals surface area contributed by atoms with E-state index in [0.717, 1.165) is 22.9 Å². The molecule has 0 saturated heterocycles. The maximum absolute atomic E-state index is 12.6. The number of amides is 1. The zero-order valence-corrected chi connectivity index (χ0v) is 12.1. The van der Waals surface area contributed by atoms with Crippen molar-refractivity contribution in [1.29, 1.82) is 0 Å². The Balaban J connectivity index is 2.23. The van der Waals surface area contributed by atoms with Crippen molar-refractivity contribution in [3.8, 4) is 0 Å². The molecule has 1 aromatic rings. The van der Waals surface area contributed by atoms with E-state index in [1.807, 2.05) is 31.2 Å². The highest BCUT2D eigenvalue weighted by atomic mass is 79.9. The fourth-order valence-electron chi connectivity index (χ4n) is 2.36. The molecule has 98 valence electrons. The number of hydrogen-bond donors (Lipinski definition) is 1. The van der Waals surface area contributed by atoms with Gasteiger partial charge < -0.3 is 10.0 Å². The maximum atomic E-state index is 12.6. The summed E-state index contributed by atoms with van der Waals surface area (Å²) in [6.45, 7) is 3.04. The molecule has 2 rings (SSSR count). The summed E-state index contributed by atoms with van der Waals surface area (Å²) in [6.07, 6.45) is 1.81. The number of halogens is 1. The lowest BCUT2D eigenvalue weighted by atomic mass is 9.94. The molecule has 0 aromatic heterocycles. The number of aliphatic hydroxyl groups excluding tert-OH is 1. The Morgan fingerprint density at radius 3 is 2.72 bits per heavy atom. The highest BCUT2D eigenvalue weighted by Gasteiger charge is 2.52. The molecule has 0 spiro atoms. The van der Waals surface area contributed by atoms with Crippen molar-refractivity contribution in [1.82, 2.24) is 4.90 Å². The van der Waals surface area contributed by atoms with Crippen molar-refractivity contribution in [3.05, 3.63) is 34.3 Å². The van der Waals surface area contributed by atoms with Crippen LogP contribution in [-0.2, 0) is 10.2 Å². The van der Waals surface area contributed by atoms with E-state index >= 15 is 0 Å². The van der Waals surface area contributed by atoms with E-state index in [1.165, 1.54) is 0 Å². The van der Waals surface area contributed by atoms with Crippen LogP contribution in [0.5, 0.6) is 0 Å². The van der Waals surface area contributed by atoms with Crippen LogP contribution < -0.4 is 0 Å². The van der Waals surface area contributed by atoms with Crippen molar-refractivity contribution in [2.24, 2.45) is 0 Å². The molecule has 4 heteroatoms. The summed E-state index contributed by atoms with van der Waals surface area (Å²) < 4.78 is 1.00. The molecule has 0 bridgehead atoms. The average Bonchev–Trinajstić information content (AvgIpc) is 3.16. The van der Waals surface area contributed by atoms with Crippen molar-refractivity contribution in [3.63, 3.8) is 0 Å². The van der Waals surface area contributed by atoms with Gasteiger partial charge in [0.2, 0.25) is 5.91 Å². The SMILES string of the molecule is CCN(CCO)C(=O)C1(c2cccc(Br)c2)CC1. The molecule has 1 aromatic carbocycles. The molecule has 0 atom stereocenters. The number of hydrogen-bond acceptors (Lipinski definition) is 2. The van der Waals surface area contributed by atoms with Crippen LogP contribution >= 0.6 is 15.9 Å². The molecule has 1 amide bonds. The minimum atomic E-state index is -0.338. The summed E-state index contributed by atoms with van der Waals surface area (Å²) in [5.41, 5.74) is 0.743. The Hall–Kier alpha value is -0.870. The zero-order valence-electron chi connectivity index (χ0n) is 10.5. The second-order valence-corrected chi connectivity index (χ2v) is 5.62. The highest BCUT2D eigenvalue weighted by Crippen LogP contribution is 2.50. The van der Waals surface area contributed by atoms with Crippen LogP contribution in [0.25, 0.3) is 0 Å². The highest BCUT2D eigenvalue weighted by molar-refractivity contribution is 9.10. The van der Waals surface area contributed by atoms with Gasteiger partial charge in [0.15, 0.2) is 0 Å². The lowest BCUT2D eigenvalue weighted by Crippen LogP contribution is -2.40. The van der Waals surface area contributed by atoms with Crippen molar-refractivity contribution < 1.29 is 9.90 Å². The van der Waals surface area contributed by atoms with Crippen molar-refractivity contribution in [2.45, 2.75) is 25.2 Å². The Morgan fingerprint density at radius 2 is 2.22 bits per heavy atom. The zero-order chi connectivity index (χ0) is 13.2. The molecule has 18 heavy (non-hydrogen) atoms. The molecule has 0 unspecified atom stereocenters. The number of rotatable bonds is 5. The molecule has 3 nitrogen and oxygen atoms in total. The minimum absolute atomic E-state index is 0.0220. The third kappa shape index (κ3) is 2.45. The Kier molecular flexibility index (Phi) is 4.07. The fourth-order valence-corrected chi connectivity index (χ4v) is 2.76. The van der Waals surface area contributed by atoms with Gasteiger partial charge in [0.05, 0.1) is 12.0 Å². The van der Waals surface area contributed by atoms with E-state index in [4.69, 9.17) is 5.11 Å². The van der Waals surface area contributed by atoms with E-state index < -0.39 is 0 Å². The minimum Gasteiger partial charge on any atom is -0.395 e. The van der Waals surface area contributed by atoms with E-state index in [9.17, 15) is 4.79 Å². The summed E-state index contributed by atoms with van der Waals surface area (Å²) >= 11 is 3.45. The molecular weight excluding hydrogens is 294 g/mol. The van der Waals surface area contributed by atoms with E-state index in [-0.39, 0.29) is 17.9 Å². The Bertz CT molecular complexity index is 443. The van der Waals surface area contributed by atoms with Gasteiger partial charge in [0.1, 0.15) is 0 Å². The fraction of sp³-hybridized carbons (Fsp3) is 0.500. The van der Waals surface area contributed by atoms with Crippen LogP contribution in [-0.4, -0.2) is 35.6 Å². The van der Waals surface area contributed by atoms with Crippen molar-refractivity contribution in [2.75, 3.05) is 19.7 Å². The third-order valence-electron chi connectivity index (χ3n) is 3.58. The topological polar surface area (TPSA) is 40.5 Å². The summed E-state index contributed by atoms with van der Waals surface area (Å²) in [5.74, 6) is 0.150. The van der Waals surface area contributed by atoms with Crippen LogP contribution in [0, 0.1) is 0 Å². The summed E-state index contributed by atoms with van der Waals surface area (Å²) in [6, 6.07) is 7.98. The summed E-state index contributed by atoms with van der Waals surface area (Å²) in [5, 5.41) is 9.02. The van der Waals surface area contributed by atoms with E-state index in [2.05, 4.69) is 15.9 Å². The van der Waals surface area contributed by atoms with Crippen LogP contribution in [0.3, 0.4) is 0 Å². The van der Waals surface area contributed by atoms with Gasteiger partial charge in [-0.1, -0.05) is 28.1 Å². The molecule has 1 aliphatic carbocycles. The normalized spacial score (nSPS) is 16.4. The second-order valence-electron chi connectivity index (χ2n) is 4.70. The molecule has 0 heterocycles. The van der Waals surface area contributed by atoms with Gasteiger partial charge in [0, 0.05) is 17.6 Å². The Morgan fingerprint density at radius 1 is 1.50 bits per heavy atom. The predicted molar refractivity (Wildman–Crippen MR) is 74.4 cm³/mol. The summed E-state index contributed by atoms with van der Waals surface area (Å²) in [7, 11) is 0. The monoisotopic (exact) mass is 311 g/mol. The van der Waals surface area contributed by atoms with Gasteiger partial charge in [-0.3, -0.25) is 4.79 Å². The van der Waals surface area contributed by atoms with Crippen LogP contribution in [0.2, 0.25) is 0 Å². The number of carbonyl (C=O) groups excluding carboxylic acids is 1. The smallest absolute Gasteiger partial charge is 0.233 e. The van der Waals surface area contributed by atoms with Crippen LogP contribution in [0.4, 0.5) is 0 Å².